The average Bonchev–Trinajstić information content (AvgIpc) is 3.63. The minimum absolute atomic E-state index is 0.759. The van der Waals surface area contributed by atoms with Crippen molar-refractivity contribution in [3.8, 4) is 0 Å². The first-order valence-electron chi connectivity index (χ1n) is 10.1. The van der Waals surface area contributed by atoms with E-state index in [4.69, 9.17) is 23.2 Å². The van der Waals surface area contributed by atoms with E-state index in [0.717, 1.165) is 44.2 Å². The van der Waals surface area contributed by atoms with Crippen LogP contribution in [0, 0.1) is 19.2 Å². The Balaban J connectivity index is 0.000000128. The van der Waals surface area contributed by atoms with Gasteiger partial charge in [0.15, 0.2) is 0 Å². The number of fused-ring (bicyclic) bond motifs is 2. The van der Waals surface area contributed by atoms with Crippen LogP contribution in [0.5, 0.6) is 0 Å². The lowest BCUT2D eigenvalue weighted by atomic mass is 10.2. The molecule has 0 spiro atoms. The van der Waals surface area contributed by atoms with Crippen molar-refractivity contribution in [1.29, 1.82) is 0 Å². The molecule has 2 saturated carbocycles. The van der Waals surface area contributed by atoms with Gasteiger partial charge in [0.25, 0.3) is 0 Å². The Labute approximate surface area is 212 Å². The maximum absolute atomic E-state index is 6.01. The van der Waals surface area contributed by atoms with Crippen LogP contribution in [0.1, 0.15) is 25.7 Å². The second kappa shape index (κ2) is 8.75. The van der Waals surface area contributed by atoms with Gasteiger partial charge in [-0.2, -0.15) is 10.2 Å². The fourth-order valence-corrected chi connectivity index (χ4v) is 5.34. The van der Waals surface area contributed by atoms with Gasteiger partial charge < -0.3 is 0 Å². The van der Waals surface area contributed by atoms with Gasteiger partial charge >= 0.3 is 0 Å². The number of aromatic nitrogens is 4. The quantitative estimate of drug-likeness (QED) is 0.213. The van der Waals surface area contributed by atoms with Crippen LogP contribution < -0.4 is 0 Å². The van der Waals surface area contributed by atoms with E-state index >= 15 is 0 Å². The third kappa shape index (κ3) is 4.76. The minimum atomic E-state index is 0.759. The van der Waals surface area contributed by atoms with Crippen molar-refractivity contribution in [2.24, 2.45) is 11.8 Å². The summed E-state index contributed by atoms with van der Waals surface area (Å²) in [6.45, 7) is 2.10. The lowest BCUT2D eigenvalue weighted by Crippen LogP contribution is -2.03. The zero-order valence-electron chi connectivity index (χ0n) is 16.2. The normalized spacial score (nSPS) is 16.1. The van der Waals surface area contributed by atoms with E-state index in [2.05, 4.69) is 76.9 Å². The monoisotopic (exact) mass is 664 g/mol. The van der Waals surface area contributed by atoms with Crippen LogP contribution in [0.25, 0.3) is 21.8 Å². The number of rotatable bonds is 4. The fourth-order valence-electron chi connectivity index (χ4n) is 3.53. The van der Waals surface area contributed by atoms with Gasteiger partial charge in [-0.05, 0) is 119 Å². The van der Waals surface area contributed by atoms with E-state index in [0.29, 0.717) is 0 Å². The van der Waals surface area contributed by atoms with Crippen LogP contribution in [-0.2, 0) is 13.1 Å². The standard InChI is InChI=1S/2C11H10ClIN2/c12-8-3-4-9-10(5-8)15(14-11(9)13)6-7-1-2-7;12-8-3-4-9-10(5-8)14-15(11(9)13)6-7-1-2-7/h2*3-5,7H,1-2,6H2. The third-order valence-electron chi connectivity index (χ3n) is 5.56. The number of hydrogen-bond acceptors (Lipinski definition) is 2. The van der Waals surface area contributed by atoms with Crippen molar-refractivity contribution in [3.05, 3.63) is 53.8 Å². The summed E-state index contributed by atoms with van der Waals surface area (Å²) in [5.74, 6) is 1.69. The number of halogens is 4. The second-order valence-electron chi connectivity index (χ2n) is 8.16. The van der Waals surface area contributed by atoms with Crippen LogP contribution in [0.15, 0.2) is 36.4 Å². The van der Waals surface area contributed by atoms with Gasteiger partial charge in [0.1, 0.15) is 7.40 Å². The van der Waals surface area contributed by atoms with Crippen molar-refractivity contribution < 1.29 is 0 Å². The highest BCUT2D eigenvalue weighted by Gasteiger charge is 2.24. The summed E-state index contributed by atoms with van der Waals surface area (Å²) in [6.07, 6.45) is 5.40. The fraction of sp³-hybridized carbons (Fsp3) is 0.364. The maximum Gasteiger partial charge on any atom is 0.131 e. The predicted molar refractivity (Wildman–Crippen MR) is 140 cm³/mol. The molecule has 2 aromatic heterocycles. The lowest BCUT2D eigenvalue weighted by molar-refractivity contribution is 0.557. The summed E-state index contributed by atoms with van der Waals surface area (Å²) in [4.78, 5) is 0. The summed E-state index contributed by atoms with van der Waals surface area (Å²) in [6, 6.07) is 11.9. The highest BCUT2D eigenvalue weighted by molar-refractivity contribution is 14.1. The Kier molecular flexibility index (Phi) is 6.20. The minimum Gasteiger partial charge on any atom is -0.263 e. The lowest BCUT2D eigenvalue weighted by Gasteiger charge is -2.01. The first-order chi connectivity index (χ1) is 14.5. The molecular weight excluding hydrogens is 645 g/mol. The van der Waals surface area contributed by atoms with Gasteiger partial charge in [-0.3, -0.25) is 9.36 Å². The molecule has 0 N–H and O–H groups in total. The molecule has 4 aromatic rings. The van der Waals surface area contributed by atoms with Crippen molar-refractivity contribution in [2.75, 3.05) is 0 Å². The zero-order valence-corrected chi connectivity index (χ0v) is 22.0. The molecule has 156 valence electrons. The molecule has 8 heteroatoms. The molecule has 30 heavy (non-hydrogen) atoms. The maximum atomic E-state index is 6.01. The average molecular weight is 665 g/mol. The Morgan fingerprint density at radius 2 is 1.40 bits per heavy atom. The van der Waals surface area contributed by atoms with Crippen molar-refractivity contribution in [3.63, 3.8) is 0 Å². The van der Waals surface area contributed by atoms with Gasteiger partial charge in [0, 0.05) is 33.9 Å². The molecule has 2 aromatic carbocycles. The molecule has 0 amide bonds. The Morgan fingerprint density at radius 3 is 2.07 bits per heavy atom. The van der Waals surface area contributed by atoms with E-state index in [1.165, 1.54) is 45.7 Å². The predicted octanol–water partition coefficient (Wildman–Crippen LogP) is 7.41. The Hall–Kier alpha value is -0.580. The van der Waals surface area contributed by atoms with Crippen LogP contribution in [0.2, 0.25) is 10.0 Å². The SMILES string of the molecule is Clc1ccc2c(I)n(CC3CC3)nc2c1.Clc1ccc2c(I)nn(CC3CC3)c2c1. The summed E-state index contributed by atoms with van der Waals surface area (Å²) < 4.78 is 6.51. The van der Waals surface area contributed by atoms with E-state index in [1.54, 1.807) is 0 Å². The van der Waals surface area contributed by atoms with Crippen molar-refractivity contribution in [2.45, 2.75) is 38.8 Å². The zero-order chi connectivity index (χ0) is 20.8. The van der Waals surface area contributed by atoms with Gasteiger partial charge in [0.05, 0.1) is 11.0 Å². The largest absolute Gasteiger partial charge is 0.263 e. The summed E-state index contributed by atoms with van der Waals surface area (Å²) in [5.41, 5.74) is 2.17. The molecule has 2 aliphatic carbocycles. The molecule has 2 heterocycles. The molecule has 2 fully saturated rings. The van der Waals surface area contributed by atoms with Crippen molar-refractivity contribution >= 4 is 90.2 Å². The molecule has 0 radical (unpaired) electrons. The summed E-state index contributed by atoms with van der Waals surface area (Å²) in [7, 11) is 0. The van der Waals surface area contributed by atoms with Gasteiger partial charge in [-0.15, -0.1) is 0 Å². The van der Waals surface area contributed by atoms with Gasteiger partial charge in [0.2, 0.25) is 0 Å². The molecule has 4 nitrogen and oxygen atoms in total. The number of nitrogens with zero attached hydrogens (tertiary/aromatic N) is 4. The van der Waals surface area contributed by atoms with Crippen molar-refractivity contribution in [1.82, 2.24) is 19.6 Å². The molecular formula is C22H20Cl2I2N4. The van der Waals surface area contributed by atoms with E-state index in [9.17, 15) is 0 Å². The van der Waals surface area contributed by atoms with Gasteiger partial charge in [-0.1, -0.05) is 23.2 Å². The van der Waals surface area contributed by atoms with Crippen LogP contribution >= 0.6 is 68.4 Å². The van der Waals surface area contributed by atoms with Crippen LogP contribution in [0.4, 0.5) is 0 Å². The number of benzene rings is 2. The highest BCUT2D eigenvalue weighted by Crippen LogP contribution is 2.33. The molecule has 0 saturated heterocycles. The molecule has 0 atom stereocenters. The molecule has 0 bridgehead atoms. The van der Waals surface area contributed by atoms with Gasteiger partial charge in [-0.25, -0.2) is 0 Å². The molecule has 0 unspecified atom stereocenters. The first-order valence-corrected chi connectivity index (χ1v) is 13.0. The van der Waals surface area contributed by atoms with E-state index in [-0.39, 0.29) is 0 Å². The Bertz CT molecular complexity index is 1220. The Morgan fingerprint density at radius 1 is 0.800 bits per heavy atom. The highest BCUT2D eigenvalue weighted by atomic mass is 127. The molecule has 6 rings (SSSR count). The molecule has 0 aliphatic heterocycles. The number of hydrogen-bond donors (Lipinski definition) is 0. The summed E-state index contributed by atoms with van der Waals surface area (Å²) >= 11 is 16.6. The third-order valence-corrected chi connectivity index (χ3v) is 7.97. The van der Waals surface area contributed by atoms with Crippen LogP contribution in [0.3, 0.4) is 0 Å². The summed E-state index contributed by atoms with van der Waals surface area (Å²) in [5, 5.41) is 13.1. The smallest absolute Gasteiger partial charge is 0.131 e. The second-order valence-corrected chi connectivity index (χ2v) is 11.1. The van der Waals surface area contributed by atoms with Crippen LogP contribution in [-0.4, -0.2) is 19.6 Å². The first kappa shape index (κ1) is 21.3. The van der Waals surface area contributed by atoms with E-state index < -0.39 is 0 Å². The van der Waals surface area contributed by atoms with E-state index in [1.807, 2.05) is 24.3 Å². The topological polar surface area (TPSA) is 35.6 Å². The molecule has 2 aliphatic rings.